The molecule has 1 heterocycles. The van der Waals surface area contributed by atoms with Gasteiger partial charge in [-0.1, -0.05) is 6.07 Å². The predicted octanol–water partition coefficient (Wildman–Crippen LogP) is 1.53. The average Bonchev–Trinajstić information content (AvgIpc) is 3.24. The molecule has 1 aromatic rings. The number of piperazine rings is 1. The number of carbonyl (C=O) groups is 1. The zero-order valence-corrected chi connectivity index (χ0v) is 12.4. The van der Waals surface area contributed by atoms with Crippen LogP contribution in [0.15, 0.2) is 18.2 Å². The molecule has 1 aliphatic carbocycles. The van der Waals surface area contributed by atoms with Gasteiger partial charge >= 0.3 is 0 Å². The Kier molecular flexibility index (Phi) is 3.66. The SMILES string of the molecule is Cc1cc(N2CCN(C)C(=O)C2)ccc1CNC1CC1. The first kappa shape index (κ1) is 13.4. The topological polar surface area (TPSA) is 35.6 Å². The van der Waals surface area contributed by atoms with Crippen LogP contribution in [0.3, 0.4) is 0 Å². The van der Waals surface area contributed by atoms with E-state index in [9.17, 15) is 4.79 Å². The van der Waals surface area contributed by atoms with Gasteiger partial charge in [-0.2, -0.15) is 0 Å². The fourth-order valence-corrected chi connectivity index (χ4v) is 2.60. The van der Waals surface area contributed by atoms with Crippen molar-refractivity contribution < 1.29 is 4.79 Å². The maximum Gasteiger partial charge on any atom is 0.241 e. The summed E-state index contributed by atoms with van der Waals surface area (Å²) in [6.45, 7) is 5.34. The summed E-state index contributed by atoms with van der Waals surface area (Å²) in [6, 6.07) is 7.30. The van der Waals surface area contributed by atoms with Crippen molar-refractivity contribution in [1.82, 2.24) is 10.2 Å². The lowest BCUT2D eigenvalue weighted by Crippen LogP contribution is -2.48. The smallest absolute Gasteiger partial charge is 0.241 e. The monoisotopic (exact) mass is 273 g/mol. The van der Waals surface area contributed by atoms with Gasteiger partial charge in [-0.3, -0.25) is 4.79 Å². The van der Waals surface area contributed by atoms with E-state index in [0.717, 1.165) is 25.7 Å². The lowest BCUT2D eigenvalue weighted by Gasteiger charge is -2.33. The lowest BCUT2D eigenvalue weighted by molar-refractivity contribution is -0.129. The molecule has 20 heavy (non-hydrogen) atoms. The molecule has 2 fully saturated rings. The van der Waals surface area contributed by atoms with Gasteiger partial charge in [-0.05, 0) is 43.0 Å². The molecule has 3 rings (SSSR count). The molecular formula is C16H23N3O. The zero-order valence-electron chi connectivity index (χ0n) is 12.4. The van der Waals surface area contributed by atoms with Crippen LogP contribution in [0.4, 0.5) is 5.69 Å². The Hall–Kier alpha value is -1.55. The summed E-state index contributed by atoms with van der Waals surface area (Å²) < 4.78 is 0. The van der Waals surface area contributed by atoms with Crippen LogP contribution in [-0.4, -0.2) is 43.5 Å². The van der Waals surface area contributed by atoms with Gasteiger partial charge in [-0.15, -0.1) is 0 Å². The van der Waals surface area contributed by atoms with E-state index >= 15 is 0 Å². The summed E-state index contributed by atoms with van der Waals surface area (Å²) in [5.41, 5.74) is 3.84. The van der Waals surface area contributed by atoms with Gasteiger partial charge in [0.15, 0.2) is 0 Å². The fourth-order valence-electron chi connectivity index (χ4n) is 2.60. The molecule has 4 nitrogen and oxygen atoms in total. The molecule has 1 aromatic carbocycles. The standard InChI is InChI=1S/C16H23N3O/c1-12-9-15(19-8-7-18(2)16(20)11-19)6-3-13(12)10-17-14-4-5-14/h3,6,9,14,17H,4-5,7-8,10-11H2,1-2H3. The normalized spacial score (nSPS) is 19.6. The highest BCUT2D eigenvalue weighted by atomic mass is 16.2. The van der Waals surface area contributed by atoms with Gasteiger partial charge < -0.3 is 15.1 Å². The molecule has 1 saturated heterocycles. The molecule has 108 valence electrons. The maximum absolute atomic E-state index is 11.8. The zero-order chi connectivity index (χ0) is 14.1. The van der Waals surface area contributed by atoms with E-state index in [1.807, 2.05) is 7.05 Å². The van der Waals surface area contributed by atoms with E-state index in [2.05, 4.69) is 35.3 Å². The maximum atomic E-state index is 11.8. The van der Waals surface area contributed by atoms with Crippen LogP contribution in [0.1, 0.15) is 24.0 Å². The van der Waals surface area contributed by atoms with Crippen LogP contribution in [-0.2, 0) is 11.3 Å². The number of aryl methyl sites for hydroxylation is 1. The number of hydrogen-bond donors (Lipinski definition) is 1. The third-order valence-corrected chi connectivity index (χ3v) is 4.31. The van der Waals surface area contributed by atoms with Crippen LogP contribution in [0, 0.1) is 6.92 Å². The first-order chi connectivity index (χ1) is 9.63. The molecule has 2 aliphatic rings. The minimum Gasteiger partial charge on any atom is -0.360 e. The van der Waals surface area contributed by atoms with E-state index < -0.39 is 0 Å². The van der Waals surface area contributed by atoms with Gasteiger partial charge in [0.25, 0.3) is 0 Å². The second kappa shape index (κ2) is 5.44. The number of likely N-dealkylation sites (N-methyl/N-ethyl adjacent to an activating group) is 1. The lowest BCUT2D eigenvalue weighted by atomic mass is 10.1. The highest BCUT2D eigenvalue weighted by Crippen LogP contribution is 2.23. The highest BCUT2D eigenvalue weighted by Gasteiger charge is 2.22. The largest absolute Gasteiger partial charge is 0.360 e. The molecule has 4 heteroatoms. The molecule has 1 amide bonds. The number of hydrogen-bond acceptors (Lipinski definition) is 3. The van der Waals surface area contributed by atoms with Crippen molar-refractivity contribution in [1.29, 1.82) is 0 Å². The Balaban J connectivity index is 1.67. The second-order valence-corrected chi connectivity index (χ2v) is 6.00. The first-order valence-corrected chi connectivity index (χ1v) is 7.45. The predicted molar refractivity (Wildman–Crippen MR) is 80.9 cm³/mol. The second-order valence-electron chi connectivity index (χ2n) is 6.00. The Morgan fingerprint density at radius 1 is 1.30 bits per heavy atom. The van der Waals surface area contributed by atoms with Crippen molar-refractivity contribution in [2.45, 2.75) is 32.4 Å². The minimum absolute atomic E-state index is 0.202. The molecule has 1 saturated carbocycles. The fraction of sp³-hybridized carbons (Fsp3) is 0.562. The summed E-state index contributed by atoms with van der Waals surface area (Å²) in [7, 11) is 1.87. The van der Waals surface area contributed by atoms with E-state index in [1.165, 1.54) is 29.7 Å². The molecule has 0 unspecified atom stereocenters. The van der Waals surface area contributed by atoms with Crippen LogP contribution < -0.4 is 10.2 Å². The molecule has 0 spiro atoms. The summed E-state index contributed by atoms with van der Waals surface area (Å²) >= 11 is 0. The number of anilines is 1. The van der Waals surface area contributed by atoms with Gasteiger partial charge in [0, 0.05) is 38.4 Å². The van der Waals surface area contributed by atoms with Crippen molar-refractivity contribution in [2.24, 2.45) is 0 Å². The summed E-state index contributed by atoms with van der Waals surface area (Å²) in [5, 5.41) is 3.55. The average molecular weight is 273 g/mol. The number of amides is 1. The number of carbonyl (C=O) groups excluding carboxylic acids is 1. The van der Waals surface area contributed by atoms with E-state index in [-0.39, 0.29) is 5.91 Å². The number of nitrogens with zero attached hydrogens (tertiary/aromatic N) is 2. The highest BCUT2D eigenvalue weighted by molar-refractivity contribution is 5.82. The third-order valence-electron chi connectivity index (χ3n) is 4.31. The third kappa shape index (κ3) is 2.96. The van der Waals surface area contributed by atoms with Crippen LogP contribution in [0.5, 0.6) is 0 Å². The minimum atomic E-state index is 0.202. The van der Waals surface area contributed by atoms with Crippen LogP contribution in [0.2, 0.25) is 0 Å². The first-order valence-electron chi connectivity index (χ1n) is 7.45. The molecule has 0 bridgehead atoms. The van der Waals surface area contributed by atoms with Crippen molar-refractivity contribution >= 4 is 11.6 Å². The summed E-state index contributed by atoms with van der Waals surface area (Å²) in [5.74, 6) is 0.202. The molecular weight excluding hydrogens is 250 g/mol. The summed E-state index contributed by atoms with van der Waals surface area (Å²) in [4.78, 5) is 15.8. The van der Waals surface area contributed by atoms with Crippen molar-refractivity contribution in [3.05, 3.63) is 29.3 Å². The van der Waals surface area contributed by atoms with Crippen molar-refractivity contribution in [3.63, 3.8) is 0 Å². The van der Waals surface area contributed by atoms with Gasteiger partial charge in [0.1, 0.15) is 0 Å². The van der Waals surface area contributed by atoms with Crippen LogP contribution in [0.25, 0.3) is 0 Å². The Bertz CT molecular complexity index is 510. The van der Waals surface area contributed by atoms with Gasteiger partial charge in [0.2, 0.25) is 5.91 Å². The van der Waals surface area contributed by atoms with Crippen LogP contribution >= 0.6 is 0 Å². The van der Waals surface area contributed by atoms with Crippen molar-refractivity contribution in [2.75, 3.05) is 31.6 Å². The van der Waals surface area contributed by atoms with Gasteiger partial charge in [-0.25, -0.2) is 0 Å². The van der Waals surface area contributed by atoms with Crippen molar-refractivity contribution in [3.8, 4) is 0 Å². The number of nitrogens with one attached hydrogen (secondary N) is 1. The number of benzene rings is 1. The quantitative estimate of drug-likeness (QED) is 0.903. The van der Waals surface area contributed by atoms with E-state index in [4.69, 9.17) is 0 Å². The summed E-state index contributed by atoms with van der Waals surface area (Å²) in [6.07, 6.45) is 2.64. The van der Waals surface area contributed by atoms with E-state index in [0.29, 0.717) is 6.54 Å². The Labute approximate surface area is 120 Å². The molecule has 0 aromatic heterocycles. The van der Waals surface area contributed by atoms with Gasteiger partial charge in [0.05, 0.1) is 6.54 Å². The number of rotatable bonds is 4. The molecule has 1 N–H and O–H groups in total. The molecule has 0 radical (unpaired) electrons. The Morgan fingerprint density at radius 3 is 2.75 bits per heavy atom. The Morgan fingerprint density at radius 2 is 2.10 bits per heavy atom. The molecule has 0 atom stereocenters. The van der Waals surface area contributed by atoms with E-state index in [1.54, 1.807) is 4.90 Å². The molecule has 1 aliphatic heterocycles.